The number of thiazole rings is 1. The molecule has 166 valence electrons. The maximum Gasteiger partial charge on any atom is 0.309 e. The van der Waals surface area contributed by atoms with Gasteiger partial charge in [-0.3, -0.25) is 4.79 Å². The van der Waals surface area contributed by atoms with E-state index in [1.165, 1.54) is 32.3 Å². The van der Waals surface area contributed by atoms with Gasteiger partial charge in [0, 0.05) is 29.7 Å². The molecule has 4 N–H and O–H groups in total. The number of thioether (sulfide) groups is 1. The molecule has 30 heavy (non-hydrogen) atoms. The van der Waals surface area contributed by atoms with Gasteiger partial charge in [0.25, 0.3) is 0 Å². The number of rotatable bonds is 10. The van der Waals surface area contributed by atoms with Crippen LogP contribution in [0.15, 0.2) is 47.2 Å². The highest BCUT2D eigenvalue weighted by Gasteiger charge is 2.11. The Morgan fingerprint density at radius 2 is 2.00 bits per heavy atom. The number of nitrogens with two attached hydrogens (primary N) is 1. The van der Waals surface area contributed by atoms with Crippen molar-refractivity contribution in [2.24, 2.45) is 5.73 Å². The van der Waals surface area contributed by atoms with E-state index in [2.05, 4.69) is 22.2 Å². The second-order valence-electron chi connectivity index (χ2n) is 6.01. The van der Waals surface area contributed by atoms with Gasteiger partial charge in [-0.1, -0.05) is 18.7 Å². The fraction of sp³-hybridized carbons (Fsp3) is 0.381. The summed E-state index contributed by atoms with van der Waals surface area (Å²) >= 11 is 3.05. The molecule has 1 rings (SSSR count). The van der Waals surface area contributed by atoms with Gasteiger partial charge in [-0.05, 0) is 39.3 Å². The van der Waals surface area contributed by atoms with E-state index < -0.39 is 0 Å². The van der Waals surface area contributed by atoms with E-state index in [-0.39, 0.29) is 18.2 Å². The molecule has 1 aromatic rings. The molecular weight excluding hydrogens is 420 g/mol. The van der Waals surface area contributed by atoms with Crippen molar-refractivity contribution in [1.29, 1.82) is 0 Å². The van der Waals surface area contributed by atoms with E-state index in [1.807, 2.05) is 38.4 Å². The molecule has 1 aromatic heterocycles. The fourth-order valence-electron chi connectivity index (χ4n) is 1.94. The predicted octanol–water partition coefficient (Wildman–Crippen LogP) is 4.29. The molecular formula is C21H32N4O3S2. The number of methoxy groups -OCH3 is 1. The van der Waals surface area contributed by atoms with Crippen LogP contribution in [0.3, 0.4) is 0 Å². The Balaban J connectivity index is 0.00000192. The summed E-state index contributed by atoms with van der Waals surface area (Å²) in [5.41, 5.74) is 9.17. The van der Waals surface area contributed by atoms with Crippen LogP contribution < -0.4 is 16.4 Å². The molecule has 0 spiro atoms. The van der Waals surface area contributed by atoms with E-state index >= 15 is 0 Å². The van der Waals surface area contributed by atoms with E-state index in [9.17, 15) is 9.59 Å². The van der Waals surface area contributed by atoms with E-state index in [4.69, 9.17) is 10.5 Å². The van der Waals surface area contributed by atoms with Crippen LogP contribution in [0, 0.1) is 0 Å². The molecule has 0 fully saturated rings. The van der Waals surface area contributed by atoms with Crippen LogP contribution in [0.2, 0.25) is 0 Å². The molecule has 0 bridgehead atoms. The van der Waals surface area contributed by atoms with Crippen molar-refractivity contribution < 1.29 is 14.3 Å². The number of ether oxygens (including phenoxy) is 1. The first-order valence-electron chi connectivity index (χ1n) is 9.19. The highest BCUT2D eigenvalue weighted by molar-refractivity contribution is 8.08. The zero-order chi connectivity index (χ0) is 23.1. The quantitative estimate of drug-likeness (QED) is 0.274. The highest BCUT2D eigenvalue weighted by atomic mass is 32.2. The Morgan fingerprint density at radius 1 is 1.37 bits per heavy atom. The third kappa shape index (κ3) is 11.0. The van der Waals surface area contributed by atoms with Gasteiger partial charge in [-0.2, -0.15) is 0 Å². The molecule has 0 radical (unpaired) electrons. The number of nitrogens with one attached hydrogen (secondary N) is 2. The topological polar surface area (TPSA) is 106 Å². The van der Waals surface area contributed by atoms with Crippen molar-refractivity contribution in [2.75, 3.05) is 25.4 Å². The highest BCUT2D eigenvalue weighted by Crippen LogP contribution is 2.31. The predicted molar refractivity (Wildman–Crippen MR) is 129 cm³/mol. The third-order valence-electron chi connectivity index (χ3n) is 3.42. The number of esters is 1. The summed E-state index contributed by atoms with van der Waals surface area (Å²) in [4.78, 5) is 26.6. The van der Waals surface area contributed by atoms with Gasteiger partial charge in [0.2, 0.25) is 0 Å². The standard InChI is InChI=1S/C18H26N4O2S2.C3H6O/c1-6-13(9-16(23)24-5)8-14(7-2)21-18-22-15(10-25-18)17(26-11-19)12(3)20-4;1-3(2)4/h6-8,10,20H,1,9,11,19H2,2-5H3,(H,21,22);1-2H3/b13-8+,14-7+,17-12-;. The lowest BCUT2D eigenvalue weighted by Crippen LogP contribution is -2.06. The number of allylic oxidation sites excluding steroid dienone is 4. The van der Waals surface area contributed by atoms with Gasteiger partial charge in [-0.25, -0.2) is 4.98 Å². The minimum Gasteiger partial charge on any atom is -0.469 e. The molecule has 0 aliphatic carbocycles. The van der Waals surface area contributed by atoms with E-state index in [1.54, 1.807) is 17.8 Å². The van der Waals surface area contributed by atoms with Crippen LogP contribution in [-0.2, 0) is 14.3 Å². The first kappa shape index (κ1) is 27.6. The van der Waals surface area contributed by atoms with Gasteiger partial charge in [0.15, 0.2) is 5.13 Å². The average molecular weight is 453 g/mol. The van der Waals surface area contributed by atoms with Crippen molar-refractivity contribution in [2.45, 2.75) is 34.1 Å². The normalized spacial score (nSPS) is 12.2. The zero-order valence-corrected chi connectivity index (χ0v) is 20.1. The van der Waals surface area contributed by atoms with Gasteiger partial charge in [0.05, 0.1) is 24.1 Å². The number of carbonyl (C=O) groups is 2. The number of hydrogen-bond donors (Lipinski definition) is 3. The Kier molecular flexibility index (Phi) is 14.3. The summed E-state index contributed by atoms with van der Waals surface area (Å²) in [6.07, 6.45) is 5.58. The summed E-state index contributed by atoms with van der Waals surface area (Å²) in [6.45, 7) is 10.7. The van der Waals surface area contributed by atoms with Crippen molar-refractivity contribution in [3.8, 4) is 0 Å². The second kappa shape index (κ2) is 15.5. The Labute approximate surface area is 187 Å². The van der Waals surface area contributed by atoms with E-state index in [0.717, 1.165) is 32.7 Å². The molecule has 0 saturated heterocycles. The van der Waals surface area contributed by atoms with Crippen molar-refractivity contribution in [1.82, 2.24) is 10.3 Å². The van der Waals surface area contributed by atoms with Crippen LogP contribution in [0.1, 0.15) is 39.8 Å². The van der Waals surface area contributed by atoms with Crippen molar-refractivity contribution in [3.05, 3.63) is 52.8 Å². The van der Waals surface area contributed by atoms with Gasteiger partial charge in [0.1, 0.15) is 5.78 Å². The average Bonchev–Trinajstić information content (AvgIpc) is 3.17. The fourth-order valence-corrected chi connectivity index (χ4v) is 3.48. The van der Waals surface area contributed by atoms with Crippen LogP contribution in [-0.4, -0.2) is 36.8 Å². The number of nitrogens with zero attached hydrogens (tertiary/aromatic N) is 1. The Bertz CT molecular complexity index is 807. The SMILES string of the molecule is C=C/C(=C\C(=C/C)Nc1nc(/C(SCN)=C(\C)NC)cs1)CC(=O)OC.CC(C)=O. The monoisotopic (exact) mass is 452 g/mol. The number of anilines is 1. The minimum absolute atomic E-state index is 0.167. The van der Waals surface area contributed by atoms with E-state index in [0.29, 0.717) is 5.88 Å². The molecule has 0 aliphatic rings. The molecule has 0 atom stereocenters. The summed E-state index contributed by atoms with van der Waals surface area (Å²) in [5.74, 6) is 0.340. The van der Waals surface area contributed by atoms with Gasteiger partial charge >= 0.3 is 5.97 Å². The number of aromatic nitrogens is 1. The summed E-state index contributed by atoms with van der Waals surface area (Å²) in [6, 6.07) is 0. The summed E-state index contributed by atoms with van der Waals surface area (Å²) < 4.78 is 4.70. The first-order chi connectivity index (χ1) is 14.2. The first-order valence-corrected chi connectivity index (χ1v) is 11.1. The number of carbonyl (C=O) groups excluding carboxylic acids is 2. The maximum absolute atomic E-state index is 11.5. The minimum atomic E-state index is -0.306. The molecule has 7 nitrogen and oxygen atoms in total. The van der Waals surface area contributed by atoms with Gasteiger partial charge in [-0.15, -0.1) is 23.1 Å². The van der Waals surface area contributed by atoms with Crippen LogP contribution >= 0.6 is 23.1 Å². The lowest BCUT2D eigenvalue weighted by Gasteiger charge is -2.08. The lowest BCUT2D eigenvalue weighted by atomic mass is 10.1. The molecule has 1 heterocycles. The molecule has 0 saturated carbocycles. The number of hydrogen-bond acceptors (Lipinski definition) is 9. The van der Waals surface area contributed by atoms with Gasteiger partial charge < -0.3 is 25.9 Å². The molecule has 9 heteroatoms. The van der Waals surface area contributed by atoms with Crippen molar-refractivity contribution in [3.63, 3.8) is 0 Å². The summed E-state index contributed by atoms with van der Waals surface area (Å²) in [5, 5.41) is 9.15. The Hall–Kier alpha value is -2.36. The molecule has 0 amide bonds. The van der Waals surface area contributed by atoms with Crippen molar-refractivity contribution >= 4 is 44.9 Å². The van der Waals surface area contributed by atoms with Crippen LogP contribution in [0.25, 0.3) is 4.91 Å². The molecule has 0 unspecified atom stereocenters. The smallest absolute Gasteiger partial charge is 0.309 e. The lowest BCUT2D eigenvalue weighted by molar-refractivity contribution is -0.139. The summed E-state index contributed by atoms with van der Waals surface area (Å²) in [7, 11) is 3.24. The number of Topliss-reactive ketones (excluding diaryl/α,β-unsaturated/α-hetero) is 1. The largest absolute Gasteiger partial charge is 0.469 e. The number of ketones is 1. The maximum atomic E-state index is 11.5. The van der Waals surface area contributed by atoms with Crippen LogP contribution in [0.5, 0.6) is 0 Å². The Morgan fingerprint density at radius 3 is 2.47 bits per heavy atom. The third-order valence-corrected chi connectivity index (χ3v) is 5.15. The van der Waals surface area contributed by atoms with Crippen LogP contribution in [0.4, 0.5) is 5.13 Å². The second-order valence-corrected chi connectivity index (χ2v) is 7.89. The zero-order valence-electron chi connectivity index (χ0n) is 18.5. The molecule has 0 aliphatic heterocycles. The molecule has 0 aromatic carbocycles.